The fraction of sp³-hybridized carbons (Fsp3) is 1.00. The Bertz CT molecular complexity index is 274. The van der Waals surface area contributed by atoms with Crippen LogP contribution in [-0.4, -0.2) is 42.3 Å². The van der Waals surface area contributed by atoms with Crippen molar-refractivity contribution >= 4 is 0 Å². The van der Waals surface area contributed by atoms with Gasteiger partial charge in [0, 0.05) is 25.2 Å². The number of nitrogens with two attached hydrogens (primary N) is 1. The Morgan fingerprint density at radius 1 is 1.24 bits per heavy atom. The van der Waals surface area contributed by atoms with Crippen molar-refractivity contribution in [2.45, 2.75) is 57.3 Å². The molecule has 0 aromatic carbocycles. The van der Waals surface area contributed by atoms with Crippen LogP contribution in [0.4, 0.5) is 0 Å². The highest BCUT2D eigenvalue weighted by atomic mass is 16.5. The first-order chi connectivity index (χ1) is 8.13. The second-order valence-corrected chi connectivity index (χ2v) is 6.70. The van der Waals surface area contributed by atoms with Gasteiger partial charge in [-0.1, -0.05) is 13.8 Å². The number of morpholine rings is 1. The van der Waals surface area contributed by atoms with Gasteiger partial charge in [-0.25, -0.2) is 0 Å². The molecule has 3 nitrogen and oxygen atoms in total. The zero-order chi connectivity index (χ0) is 12.0. The molecule has 2 N–H and O–H groups in total. The van der Waals surface area contributed by atoms with Crippen LogP contribution in [0, 0.1) is 11.8 Å². The van der Waals surface area contributed by atoms with E-state index in [9.17, 15) is 0 Å². The van der Waals surface area contributed by atoms with E-state index in [-0.39, 0.29) is 0 Å². The quantitative estimate of drug-likeness (QED) is 0.812. The number of hydrogen-bond donors (Lipinski definition) is 1. The molecule has 0 spiro atoms. The molecule has 3 fully saturated rings. The summed E-state index contributed by atoms with van der Waals surface area (Å²) >= 11 is 0. The summed E-state index contributed by atoms with van der Waals surface area (Å²) < 4.78 is 5.93. The van der Waals surface area contributed by atoms with Crippen molar-refractivity contribution in [1.82, 2.24) is 4.90 Å². The molecule has 2 aliphatic heterocycles. The van der Waals surface area contributed by atoms with Gasteiger partial charge in [0.2, 0.25) is 0 Å². The van der Waals surface area contributed by atoms with Crippen molar-refractivity contribution in [2.24, 2.45) is 17.6 Å². The molecule has 1 saturated carbocycles. The van der Waals surface area contributed by atoms with Gasteiger partial charge in [0.1, 0.15) is 0 Å². The maximum absolute atomic E-state index is 6.09. The van der Waals surface area contributed by atoms with E-state index in [0.717, 1.165) is 31.5 Å². The molecule has 2 bridgehead atoms. The largest absolute Gasteiger partial charge is 0.372 e. The summed E-state index contributed by atoms with van der Waals surface area (Å²) in [5, 5.41) is 0. The smallest absolute Gasteiger partial charge is 0.0707 e. The van der Waals surface area contributed by atoms with Crippen molar-refractivity contribution < 1.29 is 4.74 Å². The zero-order valence-electron chi connectivity index (χ0n) is 11.2. The number of hydrogen-bond acceptors (Lipinski definition) is 3. The first-order valence-electron chi connectivity index (χ1n) is 7.23. The predicted molar refractivity (Wildman–Crippen MR) is 68.8 cm³/mol. The lowest BCUT2D eigenvalue weighted by molar-refractivity contribution is -0.117. The van der Waals surface area contributed by atoms with Crippen molar-refractivity contribution in [3.05, 3.63) is 0 Å². The Labute approximate surface area is 105 Å². The van der Waals surface area contributed by atoms with Gasteiger partial charge in [0.05, 0.1) is 12.2 Å². The van der Waals surface area contributed by atoms with E-state index in [0.29, 0.717) is 17.7 Å². The molecule has 2 saturated heterocycles. The van der Waals surface area contributed by atoms with E-state index in [1.807, 2.05) is 0 Å². The molecular formula is C14H26N2O. The van der Waals surface area contributed by atoms with Crippen LogP contribution in [-0.2, 0) is 4.74 Å². The Hall–Kier alpha value is -0.120. The molecule has 2 heterocycles. The average Bonchev–Trinajstić information content (AvgIpc) is 2.57. The Kier molecular flexibility index (Phi) is 2.96. The van der Waals surface area contributed by atoms with Gasteiger partial charge in [-0.2, -0.15) is 0 Å². The van der Waals surface area contributed by atoms with Crippen molar-refractivity contribution in [3.8, 4) is 0 Å². The molecular weight excluding hydrogens is 212 g/mol. The summed E-state index contributed by atoms with van der Waals surface area (Å²) in [6.07, 6.45) is 6.12. The fourth-order valence-electron chi connectivity index (χ4n) is 3.94. The lowest BCUT2D eigenvalue weighted by Gasteiger charge is -2.57. The van der Waals surface area contributed by atoms with E-state index in [4.69, 9.17) is 10.5 Å². The molecule has 0 radical (unpaired) electrons. The standard InChI is InChI=1S/C14H26N2O/c1-10(2)11-5-14(6-11,9-15)16-7-12-3-4-13(8-16)17-12/h10-13H,3-9,15H2,1-2H3. The minimum Gasteiger partial charge on any atom is -0.372 e. The minimum atomic E-state index is 0.319. The van der Waals surface area contributed by atoms with Gasteiger partial charge in [0.15, 0.2) is 0 Å². The fourth-order valence-corrected chi connectivity index (χ4v) is 3.94. The van der Waals surface area contributed by atoms with Crippen molar-refractivity contribution in [1.29, 1.82) is 0 Å². The number of rotatable bonds is 3. The third-order valence-electron chi connectivity index (χ3n) is 5.32. The van der Waals surface area contributed by atoms with Crippen LogP contribution in [0.2, 0.25) is 0 Å². The highest BCUT2D eigenvalue weighted by molar-refractivity contribution is 5.06. The number of likely N-dealkylation sites (tertiary alicyclic amines) is 1. The number of nitrogens with zero attached hydrogens (tertiary/aromatic N) is 1. The first-order valence-corrected chi connectivity index (χ1v) is 7.23. The summed E-state index contributed by atoms with van der Waals surface area (Å²) in [6, 6.07) is 0. The average molecular weight is 238 g/mol. The molecule has 0 amide bonds. The van der Waals surface area contributed by atoms with E-state index in [1.54, 1.807) is 0 Å². The molecule has 3 aliphatic rings. The summed E-state index contributed by atoms with van der Waals surface area (Å²) in [7, 11) is 0. The highest BCUT2D eigenvalue weighted by Gasteiger charge is 2.51. The van der Waals surface area contributed by atoms with Gasteiger partial charge < -0.3 is 10.5 Å². The van der Waals surface area contributed by atoms with Crippen LogP contribution in [0.25, 0.3) is 0 Å². The van der Waals surface area contributed by atoms with Gasteiger partial charge in [-0.3, -0.25) is 4.90 Å². The van der Waals surface area contributed by atoms with Gasteiger partial charge >= 0.3 is 0 Å². The minimum absolute atomic E-state index is 0.319. The van der Waals surface area contributed by atoms with Crippen LogP contribution in [0.1, 0.15) is 39.5 Å². The van der Waals surface area contributed by atoms with Crippen molar-refractivity contribution in [2.75, 3.05) is 19.6 Å². The summed E-state index contributed by atoms with van der Waals surface area (Å²) in [4.78, 5) is 2.66. The third kappa shape index (κ3) is 1.92. The van der Waals surface area contributed by atoms with E-state index < -0.39 is 0 Å². The lowest BCUT2D eigenvalue weighted by atomic mass is 9.63. The number of fused-ring (bicyclic) bond motifs is 2. The lowest BCUT2D eigenvalue weighted by Crippen LogP contribution is -2.66. The van der Waals surface area contributed by atoms with E-state index >= 15 is 0 Å². The van der Waals surface area contributed by atoms with Crippen LogP contribution in [0.15, 0.2) is 0 Å². The summed E-state index contributed by atoms with van der Waals surface area (Å²) in [5.41, 5.74) is 6.41. The molecule has 1 aliphatic carbocycles. The Balaban J connectivity index is 1.66. The van der Waals surface area contributed by atoms with E-state index in [2.05, 4.69) is 18.7 Å². The van der Waals surface area contributed by atoms with Crippen LogP contribution in [0.5, 0.6) is 0 Å². The molecule has 98 valence electrons. The zero-order valence-corrected chi connectivity index (χ0v) is 11.2. The van der Waals surface area contributed by atoms with Crippen LogP contribution >= 0.6 is 0 Å². The molecule has 2 unspecified atom stereocenters. The molecule has 17 heavy (non-hydrogen) atoms. The highest BCUT2D eigenvalue weighted by Crippen LogP contribution is 2.47. The molecule has 2 atom stereocenters. The number of ether oxygens (including phenoxy) is 1. The normalized spacial score (nSPS) is 46.2. The Morgan fingerprint density at radius 2 is 1.82 bits per heavy atom. The maximum Gasteiger partial charge on any atom is 0.0707 e. The molecule has 3 rings (SSSR count). The summed E-state index contributed by atoms with van der Waals surface area (Å²) in [6.45, 7) is 7.76. The van der Waals surface area contributed by atoms with Gasteiger partial charge in [-0.05, 0) is 37.5 Å². The van der Waals surface area contributed by atoms with Crippen molar-refractivity contribution in [3.63, 3.8) is 0 Å². The molecule has 3 heteroatoms. The van der Waals surface area contributed by atoms with Crippen LogP contribution < -0.4 is 5.73 Å². The van der Waals surface area contributed by atoms with Gasteiger partial charge in [0.25, 0.3) is 0 Å². The second-order valence-electron chi connectivity index (χ2n) is 6.70. The summed E-state index contributed by atoms with van der Waals surface area (Å²) in [5.74, 6) is 1.70. The maximum atomic E-state index is 6.09. The van der Waals surface area contributed by atoms with Crippen LogP contribution in [0.3, 0.4) is 0 Å². The monoisotopic (exact) mass is 238 g/mol. The second kappa shape index (κ2) is 4.22. The SMILES string of the molecule is CC(C)C1CC(CN)(N2CC3CCC(C2)O3)C1. The third-order valence-corrected chi connectivity index (χ3v) is 5.32. The Morgan fingerprint density at radius 3 is 2.29 bits per heavy atom. The predicted octanol–water partition coefficient (Wildman–Crippen LogP) is 1.61. The van der Waals surface area contributed by atoms with E-state index in [1.165, 1.54) is 25.7 Å². The molecule has 0 aromatic heterocycles. The van der Waals surface area contributed by atoms with Gasteiger partial charge in [-0.15, -0.1) is 0 Å². The molecule has 0 aromatic rings. The first kappa shape index (κ1) is 11.9. The topological polar surface area (TPSA) is 38.5 Å².